The predicted molar refractivity (Wildman–Crippen MR) is 137 cm³/mol. The number of rotatable bonds is 5. The molecule has 2 nitrogen and oxygen atoms in total. The van der Waals surface area contributed by atoms with Crippen molar-refractivity contribution in [3.8, 4) is 0 Å². The zero-order valence-electron chi connectivity index (χ0n) is 16.7. The first-order valence-corrected chi connectivity index (χ1v) is 11.6. The van der Waals surface area contributed by atoms with E-state index in [1.54, 1.807) is 11.3 Å². The summed E-state index contributed by atoms with van der Waals surface area (Å²) in [6.45, 7) is 0. The molecule has 1 heterocycles. The lowest BCUT2D eigenvalue weighted by molar-refractivity contribution is 1.28. The lowest BCUT2D eigenvalue weighted by atomic mass is 10.1. The average molecular weight is 483 g/mol. The molecule has 1 aromatic heterocycles. The van der Waals surface area contributed by atoms with E-state index < -0.39 is 0 Å². The maximum atomic E-state index is 4.46. The summed E-state index contributed by atoms with van der Waals surface area (Å²) < 4.78 is 2.10. The normalized spacial score (nSPS) is 11.3. The summed E-state index contributed by atoms with van der Waals surface area (Å²) >= 11 is 5.12. The lowest BCUT2D eigenvalue weighted by Gasteiger charge is -2.25. The molecule has 0 saturated carbocycles. The van der Waals surface area contributed by atoms with Crippen LogP contribution >= 0.6 is 27.3 Å². The van der Waals surface area contributed by atoms with Crippen LogP contribution < -0.4 is 4.90 Å². The number of anilines is 3. The van der Waals surface area contributed by atoms with Crippen molar-refractivity contribution in [2.45, 2.75) is 0 Å². The summed E-state index contributed by atoms with van der Waals surface area (Å²) in [7, 11) is 0. The molecule has 0 aliphatic rings. The van der Waals surface area contributed by atoms with Crippen LogP contribution in [-0.2, 0) is 0 Å². The third-order valence-corrected chi connectivity index (χ3v) is 6.50. The van der Waals surface area contributed by atoms with Crippen LogP contribution in [0.2, 0.25) is 0 Å². The number of halogens is 1. The number of aromatic nitrogens is 1. The Morgan fingerprint density at radius 1 is 0.645 bits per heavy atom. The molecule has 0 amide bonds. The van der Waals surface area contributed by atoms with Gasteiger partial charge in [-0.3, -0.25) is 0 Å². The largest absolute Gasteiger partial charge is 0.311 e. The second-order valence-corrected chi connectivity index (χ2v) is 9.43. The topological polar surface area (TPSA) is 16.1 Å². The molecular weight excluding hydrogens is 464 g/mol. The molecule has 0 atom stereocenters. The zero-order chi connectivity index (χ0) is 21.0. The molecule has 0 unspecified atom stereocenters. The molecule has 0 aliphatic heterocycles. The first-order chi connectivity index (χ1) is 15.3. The van der Waals surface area contributed by atoms with Crippen molar-refractivity contribution >= 4 is 66.7 Å². The van der Waals surface area contributed by atoms with Crippen LogP contribution in [0, 0.1) is 0 Å². The van der Waals surface area contributed by atoms with Gasteiger partial charge in [0.25, 0.3) is 0 Å². The second-order valence-electron chi connectivity index (χ2n) is 7.13. The van der Waals surface area contributed by atoms with Crippen molar-refractivity contribution in [3.63, 3.8) is 0 Å². The van der Waals surface area contributed by atoms with Gasteiger partial charge in [0.15, 0.2) is 3.92 Å². The third kappa shape index (κ3) is 4.46. The minimum atomic E-state index is 0.917. The van der Waals surface area contributed by atoms with E-state index in [2.05, 4.69) is 129 Å². The van der Waals surface area contributed by atoms with Crippen molar-refractivity contribution in [1.29, 1.82) is 0 Å². The quantitative estimate of drug-likeness (QED) is 0.233. The molecule has 0 aliphatic carbocycles. The van der Waals surface area contributed by atoms with Gasteiger partial charge in [-0.25, -0.2) is 4.98 Å². The van der Waals surface area contributed by atoms with E-state index >= 15 is 0 Å². The van der Waals surface area contributed by atoms with E-state index in [0.29, 0.717) is 0 Å². The standard InChI is InChI=1S/C27H19BrN2S/c28-27-29-25-18-15-21(19-26(25)31-27)12-11-20-13-16-24(17-14-20)30(22-7-3-1-4-8-22)23-9-5-2-6-10-23/h1-19H/b12-11+. The summed E-state index contributed by atoms with van der Waals surface area (Å²) in [5.74, 6) is 0. The van der Waals surface area contributed by atoms with Crippen LogP contribution in [0.15, 0.2) is 107 Å². The van der Waals surface area contributed by atoms with Crippen LogP contribution in [0.1, 0.15) is 11.1 Å². The average Bonchev–Trinajstić information content (AvgIpc) is 3.19. The van der Waals surface area contributed by atoms with Gasteiger partial charge in [0.1, 0.15) is 0 Å². The summed E-state index contributed by atoms with van der Waals surface area (Å²) in [5, 5.41) is 0. The highest BCUT2D eigenvalue weighted by Crippen LogP contribution is 2.34. The highest BCUT2D eigenvalue weighted by Gasteiger charge is 2.11. The third-order valence-electron chi connectivity index (χ3n) is 5.03. The first kappa shape index (κ1) is 19.7. The highest BCUT2D eigenvalue weighted by atomic mass is 79.9. The highest BCUT2D eigenvalue weighted by molar-refractivity contribution is 9.11. The van der Waals surface area contributed by atoms with E-state index in [4.69, 9.17) is 0 Å². The molecule has 0 radical (unpaired) electrons. The number of benzene rings is 4. The smallest absolute Gasteiger partial charge is 0.160 e. The number of hydrogen-bond acceptors (Lipinski definition) is 3. The van der Waals surface area contributed by atoms with Crippen LogP contribution in [0.5, 0.6) is 0 Å². The van der Waals surface area contributed by atoms with Crippen molar-refractivity contribution in [2.24, 2.45) is 0 Å². The van der Waals surface area contributed by atoms with Gasteiger partial charge in [-0.05, 0) is 75.6 Å². The number of hydrogen-bond donors (Lipinski definition) is 0. The monoisotopic (exact) mass is 482 g/mol. The van der Waals surface area contributed by atoms with Crippen LogP contribution in [-0.4, -0.2) is 4.98 Å². The molecule has 0 fully saturated rings. The van der Waals surface area contributed by atoms with Gasteiger partial charge in [0.2, 0.25) is 0 Å². The van der Waals surface area contributed by atoms with E-state index in [0.717, 1.165) is 32.1 Å². The Labute approximate surface area is 194 Å². The number of nitrogens with zero attached hydrogens (tertiary/aromatic N) is 2. The summed E-state index contributed by atoms with van der Waals surface area (Å²) in [5.41, 5.74) is 6.77. The Balaban J connectivity index is 1.42. The Kier molecular flexibility index (Phi) is 5.65. The first-order valence-electron chi connectivity index (χ1n) is 10.0. The Morgan fingerprint density at radius 2 is 1.19 bits per heavy atom. The fourth-order valence-electron chi connectivity index (χ4n) is 3.55. The second kappa shape index (κ2) is 8.88. The fourth-order valence-corrected chi connectivity index (χ4v) is 5.00. The van der Waals surface area contributed by atoms with E-state index in [9.17, 15) is 0 Å². The van der Waals surface area contributed by atoms with Crippen molar-refractivity contribution < 1.29 is 0 Å². The fraction of sp³-hybridized carbons (Fsp3) is 0. The van der Waals surface area contributed by atoms with Crippen LogP contribution in [0.4, 0.5) is 17.1 Å². The van der Waals surface area contributed by atoms with E-state index in [-0.39, 0.29) is 0 Å². The maximum Gasteiger partial charge on any atom is 0.160 e. The van der Waals surface area contributed by atoms with Crippen LogP contribution in [0.3, 0.4) is 0 Å². The molecular formula is C27H19BrN2S. The van der Waals surface area contributed by atoms with Crippen molar-refractivity contribution in [3.05, 3.63) is 118 Å². The molecule has 0 bridgehead atoms. The summed E-state index contributed by atoms with van der Waals surface area (Å²) in [4.78, 5) is 6.72. The van der Waals surface area contributed by atoms with Gasteiger partial charge in [-0.2, -0.15) is 0 Å². The van der Waals surface area contributed by atoms with Gasteiger partial charge < -0.3 is 4.90 Å². The van der Waals surface area contributed by atoms with Crippen LogP contribution in [0.25, 0.3) is 22.4 Å². The molecule has 0 saturated heterocycles. The molecule has 5 rings (SSSR count). The predicted octanol–water partition coefficient (Wildman–Crippen LogP) is 8.70. The summed E-state index contributed by atoms with van der Waals surface area (Å²) in [6, 6.07) is 35.9. The zero-order valence-corrected chi connectivity index (χ0v) is 19.1. The molecule has 0 spiro atoms. The Morgan fingerprint density at radius 3 is 1.84 bits per heavy atom. The minimum Gasteiger partial charge on any atom is -0.311 e. The van der Waals surface area contributed by atoms with Gasteiger partial charge >= 0.3 is 0 Å². The van der Waals surface area contributed by atoms with Crippen molar-refractivity contribution in [2.75, 3.05) is 4.90 Å². The SMILES string of the molecule is Brc1nc2ccc(/C=C/c3ccc(N(c4ccccc4)c4ccccc4)cc3)cc2s1. The maximum absolute atomic E-state index is 4.46. The number of fused-ring (bicyclic) bond motifs is 1. The van der Waals surface area contributed by atoms with Gasteiger partial charge in [0, 0.05) is 17.1 Å². The number of para-hydroxylation sites is 2. The van der Waals surface area contributed by atoms with E-state index in [1.165, 1.54) is 10.3 Å². The molecule has 4 heteroatoms. The molecule has 31 heavy (non-hydrogen) atoms. The van der Waals surface area contributed by atoms with Gasteiger partial charge in [-0.1, -0.05) is 66.7 Å². The molecule has 0 N–H and O–H groups in total. The molecule has 5 aromatic rings. The van der Waals surface area contributed by atoms with E-state index in [1.807, 2.05) is 12.1 Å². The Hall–Kier alpha value is -3.21. The lowest BCUT2D eigenvalue weighted by Crippen LogP contribution is -2.09. The Bertz CT molecular complexity index is 1290. The minimum absolute atomic E-state index is 0.917. The van der Waals surface area contributed by atoms with Gasteiger partial charge in [0.05, 0.1) is 10.2 Å². The molecule has 4 aromatic carbocycles. The van der Waals surface area contributed by atoms with Gasteiger partial charge in [-0.15, -0.1) is 11.3 Å². The number of thiazole rings is 1. The summed E-state index contributed by atoms with van der Waals surface area (Å²) in [6.07, 6.45) is 4.30. The molecule has 150 valence electrons. The van der Waals surface area contributed by atoms with Crippen molar-refractivity contribution in [1.82, 2.24) is 4.98 Å².